The van der Waals surface area contributed by atoms with Gasteiger partial charge in [-0.1, -0.05) is 0 Å². The van der Waals surface area contributed by atoms with Crippen molar-refractivity contribution in [2.75, 3.05) is 39.9 Å². The van der Waals surface area contributed by atoms with Crippen molar-refractivity contribution in [3.63, 3.8) is 0 Å². The van der Waals surface area contributed by atoms with Crippen molar-refractivity contribution in [2.24, 2.45) is 5.92 Å². The molecule has 0 radical (unpaired) electrons. The second-order valence-electron chi connectivity index (χ2n) is 4.60. The van der Waals surface area contributed by atoms with E-state index in [1.165, 1.54) is 45.4 Å². The van der Waals surface area contributed by atoms with Crippen LogP contribution in [0.15, 0.2) is 0 Å². The molecule has 0 aromatic carbocycles. The molecular formula is C11H22N2O. The van der Waals surface area contributed by atoms with E-state index >= 15 is 0 Å². The lowest BCUT2D eigenvalue weighted by molar-refractivity contribution is 0.113. The van der Waals surface area contributed by atoms with Crippen molar-refractivity contribution >= 4 is 0 Å². The van der Waals surface area contributed by atoms with Gasteiger partial charge in [0, 0.05) is 39.4 Å². The summed E-state index contributed by atoms with van der Waals surface area (Å²) < 4.78 is 5.10. The first kappa shape index (κ1) is 10.4. The largest absolute Gasteiger partial charge is 0.385 e. The van der Waals surface area contributed by atoms with Gasteiger partial charge >= 0.3 is 0 Å². The Morgan fingerprint density at radius 1 is 1.36 bits per heavy atom. The van der Waals surface area contributed by atoms with Gasteiger partial charge in [-0.25, -0.2) is 0 Å². The fraction of sp³-hybridized carbons (Fsp3) is 1.00. The van der Waals surface area contributed by atoms with Gasteiger partial charge in [0.2, 0.25) is 0 Å². The fourth-order valence-corrected chi connectivity index (χ4v) is 2.72. The van der Waals surface area contributed by atoms with Gasteiger partial charge in [0.25, 0.3) is 0 Å². The van der Waals surface area contributed by atoms with Crippen LogP contribution in [0.25, 0.3) is 0 Å². The van der Waals surface area contributed by atoms with Crippen LogP contribution in [-0.2, 0) is 4.74 Å². The standard InChI is InChI=1S/C11H22N2O/c1-14-6-2-5-13-9-10-3-4-11(13)8-12-7-10/h10-12H,2-9H2,1H3/t10-,11+/m1/s1. The first-order valence-electron chi connectivity index (χ1n) is 5.84. The van der Waals surface area contributed by atoms with Crippen molar-refractivity contribution in [1.82, 2.24) is 10.2 Å². The highest BCUT2D eigenvalue weighted by Crippen LogP contribution is 2.24. The van der Waals surface area contributed by atoms with E-state index in [2.05, 4.69) is 10.2 Å². The SMILES string of the molecule is COCCCN1C[C@@H]2CC[C@H]1CNC2. The lowest BCUT2D eigenvalue weighted by atomic mass is 9.95. The molecule has 14 heavy (non-hydrogen) atoms. The van der Waals surface area contributed by atoms with E-state index in [1.807, 2.05) is 0 Å². The number of nitrogens with one attached hydrogen (secondary N) is 1. The number of hydrogen-bond acceptors (Lipinski definition) is 3. The van der Waals surface area contributed by atoms with Gasteiger partial charge in [0.15, 0.2) is 0 Å². The van der Waals surface area contributed by atoms with E-state index in [0.29, 0.717) is 0 Å². The predicted molar refractivity (Wildman–Crippen MR) is 57.4 cm³/mol. The number of rotatable bonds is 4. The van der Waals surface area contributed by atoms with E-state index in [1.54, 1.807) is 7.11 Å². The maximum absolute atomic E-state index is 5.10. The normalized spacial score (nSPS) is 33.2. The average molecular weight is 198 g/mol. The van der Waals surface area contributed by atoms with Crippen LogP contribution in [0.2, 0.25) is 0 Å². The van der Waals surface area contributed by atoms with E-state index in [9.17, 15) is 0 Å². The molecule has 0 saturated carbocycles. The van der Waals surface area contributed by atoms with Gasteiger partial charge < -0.3 is 10.1 Å². The summed E-state index contributed by atoms with van der Waals surface area (Å²) in [7, 11) is 1.79. The summed E-state index contributed by atoms with van der Waals surface area (Å²) in [5.74, 6) is 0.899. The molecule has 82 valence electrons. The molecule has 3 aliphatic heterocycles. The summed E-state index contributed by atoms with van der Waals surface area (Å²) in [5, 5.41) is 3.56. The molecule has 0 aromatic heterocycles. The zero-order valence-corrected chi connectivity index (χ0v) is 9.17. The molecule has 0 aliphatic carbocycles. The lowest BCUT2D eigenvalue weighted by Crippen LogP contribution is -2.44. The maximum atomic E-state index is 5.10. The second kappa shape index (κ2) is 5.10. The number of hydrogen-bond donors (Lipinski definition) is 1. The van der Waals surface area contributed by atoms with Gasteiger partial charge in [-0.3, -0.25) is 4.90 Å². The van der Waals surface area contributed by atoms with Crippen molar-refractivity contribution in [3.05, 3.63) is 0 Å². The number of nitrogens with zero attached hydrogens (tertiary/aromatic N) is 1. The molecule has 2 atom stereocenters. The Balaban J connectivity index is 1.80. The molecule has 3 saturated heterocycles. The lowest BCUT2D eigenvalue weighted by Gasteiger charge is -2.36. The summed E-state index contributed by atoms with van der Waals surface area (Å²) in [5.41, 5.74) is 0. The van der Waals surface area contributed by atoms with Crippen LogP contribution in [0.4, 0.5) is 0 Å². The molecule has 3 rings (SSSR count). The van der Waals surface area contributed by atoms with Crippen LogP contribution >= 0.6 is 0 Å². The minimum Gasteiger partial charge on any atom is -0.385 e. The van der Waals surface area contributed by atoms with Crippen LogP contribution < -0.4 is 5.32 Å². The minimum absolute atomic E-state index is 0.797. The number of ether oxygens (including phenoxy) is 1. The molecule has 2 bridgehead atoms. The predicted octanol–water partition coefficient (Wildman–Crippen LogP) is 0.707. The van der Waals surface area contributed by atoms with E-state index in [-0.39, 0.29) is 0 Å². The molecule has 3 fully saturated rings. The molecule has 3 heteroatoms. The van der Waals surface area contributed by atoms with Gasteiger partial charge in [-0.2, -0.15) is 0 Å². The summed E-state index contributed by atoms with van der Waals surface area (Å²) >= 11 is 0. The summed E-state index contributed by atoms with van der Waals surface area (Å²) in [6.45, 7) is 5.86. The highest BCUT2D eigenvalue weighted by molar-refractivity contribution is 4.87. The molecule has 3 nitrogen and oxygen atoms in total. The Morgan fingerprint density at radius 2 is 2.29 bits per heavy atom. The zero-order chi connectivity index (χ0) is 9.80. The third-order valence-electron chi connectivity index (χ3n) is 3.52. The average Bonchev–Trinajstić information content (AvgIpc) is 2.53. The second-order valence-corrected chi connectivity index (χ2v) is 4.60. The van der Waals surface area contributed by atoms with Crippen LogP contribution in [0, 0.1) is 5.92 Å². The molecule has 3 aliphatic rings. The first-order chi connectivity index (χ1) is 6.90. The minimum atomic E-state index is 0.797. The fourth-order valence-electron chi connectivity index (χ4n) is 2.72. The van der Waals surface area contributed by atoms with Crippen LogP contribution in [0.1, 0.15) is 19.3 Å². The smallest absolute Gasteiger partial charge is 0.0474 e. The Kier molecular flexibility index (Phi) is 3.79. The zero-order valence-electron chi connectivity index (χ0n) is 9.17. The number of piperidine rings is 1. The highest BCUT2D eigenvalue weighted by atomic mass is 16.5. The molecule has 0 spiro atoms. The first-order valence-corrected chi connectivity index (χ1v) is 5.84. The Hall–Kier alpha value is -0.120. The van der Waals surface area contributed by atoms with Crippen molar-refractivity contribution in [2.45, 2.75) is 25.3 Å². The van der Waals surface area contributed by atoms with E-state index in [4.69, 9.17) is 4.74 Å². The topological polar surface area (TPSA) is 24.5 Å². The van der Waals surface area contributed by atoms with Crippen LogP contribution in [0.3, 0.4) is 0 Å². The molecule has 1 N–H and O–H groups in total. The van der Waals surface area contributed by atoms with Crippen molar-refractivity contribution in [1.29, 1.82) is 0 Å². The van der Waals surface area contributed by atoms with Crippen molar-refractivity contribution in [3.8, 4) is 0 Å². The van der Waals surface area contributed by atoms with Gasteiger partial charge in [-0.15, -0.1) is 0 Å². The molecule has 0 unspecified atom stereocenters. The molecule has 0 aromatic rings. The Labute approximate surface area is 86.8 Å². The summed E-state index contributed by atoms with van der Waals surface area (Å²) in [6, 6.07) is 0.797. The number of methoxy groups -OCH3 is 1. The Bertz CT molecular complexity index is 171. The van der Waals surface area contributed by atoms with E-state index < -0.39 is 0 Å². The third kappa shape index (κ3) is 2.47. The van der Waals surface area contributed by atoms with Crippen LogP contribution in [-0.4, -0.2) is 50.8 Å². The van der Waals surface area contributed by atoms with Gasteiger partial charge in [0.05, 0.1) is 0 Å². The van der Waals surface area contributed by atoms with E-state index in [0.717, 1.165) is 18.6 Å². The monoisotopic (exact) mass is 198 g/mol. The molecule has 0 amide bonds. The maximum Gasteiger partial charge on any atom is 0.0474 e. The van der Waals surface area contributed by atoms with Gasteiger partial charge in [-0.05, 0) is 31.7 Å². The quantitative estimate of drug-likeness (QED) is 0.673. The summed E-state index contributed by atoms with van der Waals surface area (Å²) in [4.78, 5) is 2.66. The summed E-state index contributed by atoms with van der Waals surface area (Å²) in [6.07, 6.45) is 4.00. The number of fused-ring (bicyclic) bond motifs is 4. The Morgan fingerprint density at radius 3 is 3.14 bits per heavy atom. The van der Waals surface area contributed by atoms with Crippen LogP contribution in [0.5, 0.6) is 0 Å². The molecule has 3 heterocycles. The molecular weight excluding hydrogens is 176 g/mol. The highest BCUT2D eigenvalue weighted by Gasteiger charge is 2.30. The van der Waals surface area contributed by atoms with Crippen molar-refractivity contribution < 1.29 is 4.74 Å². The van der Waals surface area contributed by atoms with Gasteiger partial charge in [0.1, 0.15) is 0 Å². The third-order valence-corrected chi connectivity index (χ3v) is 3.52.